The number of nitrogens with one attached hydrogen (secondary N) is 1. The zero-order chi connectivity index (χ0) is 12.1. The molecule has 0 spiro atoms. The maximum atomic E-state index is 3.71. The van der Waals surface area contributed by atoms with E-state index in [9.17, 15) is 0 Å². The van der Waals surface area contributed by atoms with Crippen LogP contribution in [-0.4, -0.2) is 22.1 Å². The Morgan fingerprint density at radius 2 is 1.67 bits per heavy atom. The number of thioether (sulfide) groups is 1. The molecule has 92 valence electrons. The summed E-state index contributed by atoms with van der Waals surface area (Å²) in [6.07, 6.45) is 2.50. The Labute approximate surface area is 101 Å². The number of hydrogen-bond donors (Lipinski definition) is 1. The highest BCUT2D eigenvalue weighted by molar-refractivity contribution is 8.00. The molecule has 0 amide bonds. The molecule has 0 aromatic rings. The smallest absolute Gasteiger partial charge is 0.0135 e. The highest BCUT2D eigenvalue weighted by atomic mass is 32.2. The van der Waals surface area contributed by atoms with E-state index in [0.29, 0.717) is 10.8 Å². The third-order valence-corrected chi connectivity index (χ3v) is 3.81. The lowest BCUT2D eigenvalue weighted by atomic mass is 9.98. The van der Waals surface area contributed by atoms with Crippen LogP contribution in [0.25, 0.3) is 0 Å². The van der Waals surface area contributed by atoms with Gasteiger partial charge in [-0.25, -0.2) is 0 Å². The minimum atomic E-state index is 0.284. The molecule has 0 radical (unpaired) electrons. The van der Waals surface area contributed by atoms with Crippen molar-refractivity contribution in [2.45, 2.75) is 77.6 Å². The Balaban J connectivity index is 3.87. The van der Waals surface area contributed by atoms with Crippen LogP contribution < -0.4 is 5.32 Å². The SMILES string of the molecule is CCCC(C)(C)NC(C)CSC(C)(C)C. The first-order chi connectivity index (χ1) is 6.66. The molecule has 0 aromatic carbocycles. The van der Waals surface area contributed by atoms with Gasteiger partial charge in [-0.05, 0) is 27.2 Å². The average molecular weight is 231 g/mol. The quantitative estimate of drug-likeness (QED) is 0.739. The summed E-state index contributed by atoms with van der Waals surface area (Å²) in [5.41, 5.74) is 0.284. The van der Waals surface area contributed by atoms with E-state index < -0.39 is 0 Å². The summed E-state index contributed by atoms with van der Waals surface area (Å²) in [7, 11) is 0. The summed E-state index contributed by atoms with van der Waals surface area (Å²) in [6.45, 7) is 16.0. The molecule has 0 heterocycles. The Morgan fingerprint density at radius 3 is 2.07 bits per heavy atom. The Kier molecular flexibility index (Phi) is 6.27. The molecule has 0 aliphatic rings. The third-order valence-electron chi connectivity index (χ3n) is 2.28. The molecule has 2 heteroatoms. The second kappa shape index (κ2) is 6.15. The van der Waals surface area contributed by atoms with Gasteiger partial charge in [0, 0.05) is 22.1 Å². The van der Waals surface area contributed by atoms with E-state index in [1.54, 1.807) is 0 Å². The second-order valence-electron chi connectivity index (χ2n) is 6.10. The molecule has 1 nitrogen and oxygen atoms in total. The summed E-state index contributed by atoms with van der Waals surface area (Å²) in [5.74, 6) is 1.19. The summed E-state index contributed by atoms with van der Waals surface area (Å²) in [5, 5.41) is 3.71. The largest absolute Gasteiger partial charge is 0.308 e. The highest BCUT2D eigenvalue weighted by Gasteiger charge is 2.20. The number of hydrogen-bond acceptors (Lipinski definition) is 2. The van der Waals surface area contributed by atoms with Crippen molar-refractivity contribution >= 4 is 11.8 Å². The van der Waals surface area contributed by atoms with E-state index in [1.165, 1.54) is 18.6 Å². The van der Waals surface area contributed by atoms with E-state index in [4.69, 9.17) is 0 Å². The highest BCUT2D eigenvalue weighted by Crippen LogP contribution is 2.24. The van der Waals surface area contributed by atoms with Crippen LogP contribution in [0.3, 0.4) is 0 Å². The van der Waals surface area contributed by atoms with Gasteiger partial charge in [-0.3, -0.25) is 0 Å². The van der Waals surface area contributed by atoms with Crippen LogP contribution in [0.15, 0.2) is 0 Å². The van der Waals surface area contributed by atoms with Gasteiger partial charge in [0.15, 0.2) is 0 Å². The van der Waals surface area contributed by atoms with Crippen LogP contribution in [0.1, 0.15) is 61.3 Å². The normalized spacial score (nSPS) is 15.4. The van der Waals surface area contributed by atoms with Gasteiger partial charge in [0.1, 0.15) is 0 Å². The lowest BCUT2D eigenvalue weighted by Crippen LogP contribution is -2.45. The van der Waals surface area contributed by atoms with Crippen molar-refractivity contribution in [3.8, 4) is 0 Å². The molecule has 0 aromatic heterocycles. The molecule has 0 rings (SSSR count). The van der Waals surface area contributed by atoms with E-state index in [-0.39, 0.29) is 5.54 Å². The third kappa shape index (κ3) is 9.25. The van der Waals surface area contributed by atoms with Crippen molar-refractivity contribution in [1.82, 2.24) is 5.32 Å². The van der Waals surface area contributed by atoms with E-state index >= 15 is 0 Å². The molecular formula is C13H29NS. The van der Waals surface area contributed by atoms with Gasteiger partial charge in [0.25, 0.3) is 0 Å². The van der Waals surface area contributed by atoms with Crippen molar-refractivity contribution in [1.29, 1.82) is 0 Å². The van der Waals surface area contributed by atoms with Gasteiger partial charge >= 0.3 is 0 Å². The van der Waals surface area contributed by atoms with Crippen LogP contribution in [0, 0.1) is 0 Å². The number of rotatable bonds is 6. The molecule has 0 saturated carbocycles. The molecule has 0 bridgehead atoms. The predicted octanol–water partition coefficient (Wildman–Crippen LogP) is 4.07. The monoisotopic (exact) mass is 231 g/mol. The first-order valence-corrected chi connectivity index (χ1v) is 7.06. The maximum Gasteiger partial charge on any atom is 0.0135 e. The van der Waals surface area contributed by atoms with E-state index in [0.717, 1.165) is 0 Å². The minimum Gasteiger partial charge on any atom is -0.308 e. The summed E-state index contributed by atoms with van der Waals surface area (Å²) in [4.78, 5) is 0. The van der Waals surface area contributed by atoms with Crippen molar-refractivity contribution in [2.24, 2.45) is 0 Å². The van der Waals surface area contributed by atoms with Gasteiger partial charge in [-0.2, -0.15) is 11.8 Å². The fourth-order valence-electron chi connectivity index (χ4n) is 1.78. The van der Waals surface area contributed by atoms with Crippen LogP contribution in [0.2, 0.25) is 0 Å². The topological polar surface area (TPSA) is 12.0 Å². The van der Waals surface area contributed by atoms with Crippen molar-refractivity contribution in [3.63, 3.8) is 0 Å². The van der Waals surface area contributed by atoms with Gasteiger partial charge in [0.2, 0.25) is 0 Å². The molecule has 0 saturated heterocycles. The Bertz CT molecular complexity index is 170. The van der Waals surface area contributed by atoms with Gasteiger partial charge < -0.3 is 5.32 Å². The summed E-state index contributed by atoms with van der Waals surface area (Å²) in [6, 6.07) is 0.593. The van der Waals surface area contributed by atoms with Crippen LogP contribution in [0.4, 0.5) is 0 Å². The van der Waals surface area contributed by atoms with E-state index in [2.05, 4.69) is 53.8 Å². The van der Waals surface area contributed by atoms with Crippen LogP contribution in [-0.2, 0) is 0 Å². The zero-order valence-corrected chi connectivity index (χ0v) is 12.4. The zero-order valence-electron chi connectivity index (χ0n) is 11.6. The standard InChI is InChI=1S/C13H29NS/c1-8-9-13(6,7)14-11(2)10-15-12(3,4)5/h11,14H,8-10H2,1-7H3. The summed E-state index contributed by atoms with van der Waals surface area (Å²) < 4.78 is 0.380. The van der Waals surface area contributed by atoms with Gasteiger partial charge in [-0.15, -0.1) is 0 Å². The fraction of sp³-hybridized carbons (Fsp3) is 1.00. The van der Waals surface area contributed by atoms with Crippen molar-refractivity contribution in [2.75, 3.05) is 5.75 Å². The Hall–Kier alpha value is 0.310. The van der Waals surface area contributed by atoms with Gasteiger partial charge in [-0.1, -0.05) is 34.1 Å². The van der Waals surface area contributed by atoms with Crippen LogP contribution >= 0.6 is 11.8 Å². The Morgan fingerprint density at radius 1 is 1.13 bits per heavy atom. The summed E-state index contributed by atoms with van der Waals surface area (Å²) >= 11 is 2.04. The molecule has 0 aliphatic carbocycles. The lowest BCUT2D eigenvalue weighted by Gasteiger charge is -2.31. The molecule has 1 unspecified atom stereocenters. The maximum absolute atomic E-state index is 3.71. The van der Waals surface area contributed by atoms with E-state index in [1.807, 2.05) is 11.8 Å². The fourth-order valence-corrected chi connectivity index (χ4v) is 2.61. The molecule has 0 fully saturated rings. The molecule has 1 N–H and O–H groups in total. The average Bonchev–Trinajstić information content (AvgIpc) is 1.98. The molecule has 1 atom stereocenters. The molecule has 15 heavy (non-hydrogen) atoms. The lowest BCUT2D eigenvalue weighted by molar-refractivity contribution is 0.332. The second-order valence-corrected chi connectivity index (χ2v) is 7.95. The predicted molar refractivity (Wildman–Crippen MR) is 73.8 cm³/mol. The van der Waals surface area contributed by atoms with Crippen LogP contribution in [0.5, 0.6) is 0 Å². The first-order valence-electron chi connectivity index (χ1n) is 6.08. The molecule has 0 aliphatic heterocycles. The van der Waals surface area contributed by atoms with Gasteiger partial charge in [0.05, 0.1) is 0 Å². The molecular weight excluding hydrogens is 202 g/mol. The minimum absolute atomic E-state index is 0.284. The first kappa shape index (κ1) is 15.3. The van der Waals surface area contributed by atoms with Crippen molar-refractivity contribution < 1.29 is 0 Å². The van der Waals surface area contributed by atoms with Crippen molar-refractivity contribution in [3.05, 3.63) is 0 Å².